The number of rotatable bonds is 7. The number of ether oxygens (including phenoxy) is 3. The topological polar surface area (TPSA) is 53.7 Å². The fourth-order valence-corrected chi connectivity index (χ4v) is 3.01. The van der Waals surface area contributed by atoms with Gasteiger partial charge in [0.1, 0.15) is 0 Å². The highest BCUT2D eigenvalue weighted by Crippen LogP contribution is 2.36. The van der Waals surface area contributed by atoms with Crippen LogP contribution in [0.2, 0.25) is 0 Å². The molecule has 2 aliphatic rings. The molecule has 1 heterocycles. The van der Waals surface area contributed by atoms with E-state index in [1.165, 1.54) is 25.7 Å². The Hall–Kier alpha value is -0.160. The quantitative estimate of drug-likeness (QED) is 0.723. The average molecular weight is 271 g/mol. The molecule has 1 saturated carbocycles. The summed E-state index contributed by atoms with van der Waals surface area (Å²) in [6.45, 7) is 4.47. The minimum absolute atomic E-state index is 0.0954. The standard InChI is InChI=1S/C15H29NO3/c1-2-3-4-5-6-9-17-14-12-15(8-7-13(14)16)18-10-11-19-15/h13-14H,2-12,16H2,1H3. The Kier molecular flexibility index (Phi) is 6.07. The van der Waals surface area contributed by atoms with Crippen molar-refractivity contribution >= 4 is 0 Å². The van der Waals surface area contributed by atoms with Gasteiger partial charge in [-0.05, 0) is 12.8 Å². The Bertz CT molecular complexity index is 254. The Morgan fingerprint density at radius 2 is 1.89 bits per heavy atom. The molecule has 2 unspecified atom stereocenters. The summed E-state index contributed by atoms with van der Waals surface area (Å²) in [6.07, 6.45) is 9.05. The van der Waals surface area contributed by atoms with E-state index in [-0.39, 0.29) is 17.9 Å². The lowest BCUT2D eigenvalue weighted by Crippen LogP contribution is -2.50. The van der Waals surface area contributed by atoms with E-state index in [0.29, 0.717) is 13.2 Å². The van der Waals surface area contributed by atoms with Crippen LogP contribution in [-0.4, -0.2) is 37.8 Å². The van der Waals surface area contributed by atoms with E-state index in [1.807, 2.05) is 0 Å². The first-order valence-electron chi connectivity index (χ1n) is 7.91. The lowest BCUT2D eigenvalue weighted by atomic mass is 9.88. The third kappa shape index (κ3) is 4.42. The second kappa shape index (κ2) is 7.58. The van der Waals surface area contributed by atoms with Gasteiger partial charge in [0, 0.05) is 25.5 Å². The highest BCUT2D eigenvalue weighted by atomic mass is 16.7. The van der Waals surface area contributed by atoms with E-state index < -0.39 is 0 Å². The first kappa shape index (κ1) is 15.2. The van der Waals surface area contributed by atoms with Gasteiger partial charge >= 0.3 is 0 Å². The molecule has 1 aliphatic heterocycles. The number of hydrogen-bond donors (Lipinski definition) is 1. The fourth-order valence-electron chi connectivity index (χ4n) is 3.01. The van der Waals surface area contributed by atoms with Crippen LogP contribution in [0.1, 0.15) is 58.3 Å². The lowest BCUT2D eigenvalue weighted by molar-refractivity contribution is -0.205. The maximum atomic E-state index is 6.16. The Balaban J connectivity index is 1.66. The van der Waals surface area contributed by atoms with Crippen LogP contribution in [-0.2, 0) is 14.2 Å². The molecule has 4 nitrogen and oxygen atoms in total. The Labute approximate surface area is 117 Å². The second-order valence-corrected chi connectivity index (χ2v) is 5.84. The molecule has 0 aromatic carbocycles. The number of hydrogen-bond acceptors (Lipinski definition) is 4. The highest BCUT2D eigenvalue weighted by Gasteiger charge is 2.44. The molecule has 0 aromatic heterocycles. The maximum absolute atomic E-state index is 6.16. The zero-order chi connectivity index (χ0) is 13.6. The first-order chi connectivity index (χ1) is 9.26. The molecule has 0 bridgehead atoms. The summed E-state index contributed by atoms with van der Waals surface area (Å²) in [7, 11) is 0. The van der Waals surface area contributed by atoms with Crippen molar-refractivity contribution in [2.45, 2.75) is 76.2 Å². The molecule has 0 aromatic rings. The molecule has 112 valence electrons. The SMILES string of the molecule is CCCCCCCOC1CC2(CCC1N)OCCO2. The van der Waals surface area contributed by atoms with Crippen LogP contribution in [0.3, 0.4) is 0 Å². The van der Waals surface area contributed by atoms with Gasteiger partial charge in [-0.15, -0.1) is 0 Å². The van der Waals surface area contributed by atoms with Crippen molar-refractivity contribution in [1.29, 1.82) is 0 Å². The van der Waals surface area contributed by atoms with Crippen molar-refractivity contribution in [3.63, 3.8) is 0 Å². The second-order valence-electron chi connectivity index (χ2n) is 5.84. The number of nitrogens with two attached hydrogens (primary N) is 1. The zero-order valence-corrected chi connectivity index (χ0v) is 12.2. The Morgan fingerprint density at radius 1 is 1.16 bits per heavy atom. The molecule has 1 aliphatic carbocycles. The molecule has 2 atom stereocenters. The smallest absolute Gasteiger partial charge is 0.171 e. The van der Waals surface area contributed by atoms with Crippen molar-refractivity contribution in [3.8, 4) is 0 Å². The van der Waals surface area contributed by atoms with Crippen molar-refractivity contribution in [2.75, 3.05) is 19.8 Å². The van der Waals surface area contributed by atoms with Crippen molar-refractivity contribution in [3.05, 3.63) is 0 Å². The van der Waals surface area contributed by atoms with Crippen LogP contribution in [0.5, 0.6) is 0 Å². The van der Waals surface area contributed by atoms with Crippen LogP contribution in [0.25, 0.3) is 0 Å². The van der Waals surface area contributed by atoms with Gasteiger partial charge in [-0.3, -0.25) is 0 Å². The molecule has 2 rings (SSSR count). The van der Waals surface area contributed by atoms with E-state index >= 15 is 0 Å². The largest absolute Gasteiger partial charge is 0.376 e. The highest BCUT2D eigenvalue weighted by molar-refractivity contribution is 4.90. The summed E-state index contributed by atoms with van der Waals surface area (Å²) in [5.74, 6) is -0.386. The van der Waals surface area contributed by atoms with E-state index in [1.54, 1.807) is 0 Å². The normalized spacial score (nSPS) is 30.0. The van der Waals surface area contributed by atoms with Gasteiger partial charge in [0.15, 0.2) is 5.79 Å². The van der Waals surface area contributed by atoms with Gasteiger partial charge in [0.25, 0.3) is 0 Å². The van der Waals surface area contributed by atoms with Crippen LogP contribution in [0.15, 0.2) is 0 Å². The van der Waals surface area contributed by atoms with Gasteiger partial charge < -0.3 is 19.9 Å². The predicted molar refractivity (Wildman–Crippen MR) is 75.0 cm³/mol. The van der Waals surface area contributed by atoms with E-state index in [4.69, 9.17) is 19.9 Å². The van der Waals surface area contributed by atoms with Gasteiger partial charge in [-0.2, -0.15) is 0 Å². The Morgan fingerprint density at radius 3 is 2.63 bits per heavy atom. The predicted octanol–water partition coefficient (Wildman–Crippen LogP) is 2.60. The summed E-state index contributed by atoms with van der Waals surface area (Å²) < 4.78 is 17.5. The van der Waals surface area contributed by atoms with Crippen LogP contribution < -0.4 is 5.73 Å². The van der Waals surface area contributed by atoms with Crippen molar-refractivity contribution in [1.82, 2.24) is 0 Å². The van der Waals surface area contributed by atoms with Gasteiger partial charge in [-0.25, -0.2) is 0 Å². The molecule has 19 heavy (non-hydrogen) atoms. The van der Waals surface area contributed by atoms with Crippen molar-refractivity contribution in [2.24, 2.45) is 5.73 Å². The third-order valence-electron chi connectivity index (χ3n) is 4.24. The molecule has 1 spiro atoms. The summed E-state index contributed by atoms with van der Waals surface area (Å²) >= 11 is 0. The van der Waals surface area contributed by atoms with Crippen LogP contribution in [0, 0.1) is 0 Å². The molecule has 2 N–H and O–H groups in total. The molecular weight excluding hydrogens is 242 g/mol. The minimum Gasteiger partial charge on any atom is -0.376 e. The molecule has 0 radical (unpaired) electrons. The van der Waals surface area contributed by atoms with E-state index in [0.717, 1.165) is 32.3 Å². The molecule has 1 saturated heterocycles. The van der Waals surface area contributed by atoms with Gasteiger partial charge in [0.2, 0.25) is 0 Å². The molecule has 4 heteroatoms. The monoisotopic (exact) mass is 271 g/mol. The summed E-state index contributed by atoms with van der Waals surface area (Å²) in [5.41, 5.74) is 6.16. The van der Waals surface area contributed by atoms with Crippen LogP contribution in [0.4, 0.5) is 0 Å². The van der Waals surface area contributed by atoms with E-state index in [9.17, 15) is 0 Å². The van der Waals surface area contributed by atoms with E-state index in [2.05, 4.69) is 6.92 Å². The first-order valence-corrected chi connectivity index (χ1v) is 7.91. The summed E-state index contributed by atoms with van der Waals surface area (Å²) in [4.78, 5) is 0. The molecule has 0 amide bonds. The molecule has 2 fully saturated rings. The number of unbranched alkanes of at least 4 members (excludes halogenated alkanes) is 4. The minimum atomic E-state index is -0.386. The summed E-state index contributed by atoms with van der Waals surface area (Å²) in [6, 6.07) is 0.133. The lowest BCUT2D eigenvalue weighted by Gasteiger charge is -2.39. The van der Waals surface area contributed by atoms with Crippen LogP contribution >= 0.6 is 0 Å². The molecular formula is C15H29NO3. The zero-order valence-electron chi connectivity index (χ0n) is 12.2. The van der Waals surface area contributed by atoms with Gasteiger partial charge in [0.05, 0.1) is 19.3 Å². The fraction of sp³-hybridized carbons (Fsp3) is 1.00. The maximum Gasteiger partial charge on any atom is 0.171 e. The van der Waals surface area contributed by atoms with Crippen molar-refractivity contribution < 1.29 is 14.2 Å². The summed E-state index contributed by atoms with van der Waals surface area (Å²) in [5, 5.41) is 0. The van der Waals surface area contributed by atoms with Gasteiger partial charge in [-0.1, -0.05) is 32.6 Å². The average Bonchev–Trinajstić information content (AvgIpc) is 2.86. The third-order valence-corrected chi connectivity index (χ3v) is 4.24.